The Morgan fingerprint density at radius 1 is 1.37 bits per heavy atom. The first-order chi connectivity index (χ1) is 9.29. The molecule has 1 unspecified atom stereocenters. The molecule has 0 spiro atoms. The van der Waals surface area contributed by atoms with Gasteiger partial charge in [-0.15, -0.1) is 0 Å². The van der Waals surface area contributed by atoms with Gasteiger partial charge in [-0.3, -0.25) is 5.73 Å². The summed E-state index contributed by atoms with van der Waals surface area (Å²) >= 11 is 0. The zero-order valence-corrected chi connectivity index (χ0v) is 11.4. The van der Waals surface area contributed by atoms with Crippen molar-refractivity contribution in [3.8, 4) is 6.07 Å². The van der Waals surface area contributed by atoms with Crippen LogP contribution < -0.4 is 15.6 Å². The number of aryl methyl sites for hydroxylation is 1. The van der Waals surface area contributed by atoms with Crippen LogP contribution in [0.3, 0.4) is 0 Å². The second kappa shape index (κ2) is 7.22. The summed E-state index contributed by atoms with van der Waals surface area (Å²) in [4.78, 5) is 0. The Hall–Kier alpha value is -1.44. The van der Waals surface area contributed by atoms with Crippen molar-refractivity contribution in [2.24, 2.45) is 11.7 Å². The van der Waals surface area contributed by atoms with E-state index in [9.17, 15) is 0 Å². The summed E-state index contributed by atoms with van der Waals surface area (Å²) < 4.78 is 2.08. The fourth-order valence-corrected chi connectivity index (χ4v) is 2.64. The van der Waals surface area contributed by atoms with E-state index in [0.717, 1.165) is 31.8 Å². The monoisotopic (exact) mass is 259 g/mol. The van der Waals surface area contributed by atoms with Gasteiger partial charge in [-0.25, -0.2) is 0 Å². The first kappa shape index (κ1) is 14.0. The molecule has 1 aliphatic rings. The molecule has 3 N–H and O–H groups in total. The highest BCUT2D eigenvalue weighted by molar-refractivity contribution is 5.08. The minimum absolute atomic E-state index is 0.0631. The standard InChI is InChI=1S/C15H23N4/c16-7-1-2-13-5-10-19(11-6-13)15(17)12-14-3-8-18-9-4-14/h5-6,10-11,14-15,18H,1-4,8-9,12,17H2/q+1. The predicted molar refractivity (Wildman–Crippen MR) is 74.0 cm³/mol. The van der Waals surface area contributed by atoms with Crippen LogP contribution in [-0.2, 0) is 6.42 Å². The van der Waals surface area contributed by atoms with E-state index >= 15 is 0 Å². The molecule has 4 nitrogen and oxygen atoms in total. The number of rotatable bonds is 5. The van der Waals surface area contributed by atoms with E-state index in [4.69, 9.17) is 11.0 Å². The maximum absolute atomic E-state index is 8.57. The van der Waals surface area contributed by atoms with Gasteiger partial charge in [0.1, 0.15) is 0 Å². The molecule has 0 aliphatic carbocycles. The number of piperidine rings is 1. The Labute approximate surface area is 115 Å². The van der Waals surface area contributed by atoms with Gasteiger partial charge >= 0.3 is 0 Å². The topological polar surface area (TPSA) is 65.7 Å². The van der Waals surface area contributed by atoms with Crippen molar-refractivity contribution in [1.29, 1.82) is 5.26 Å². The number of nitriles is 1. The molecule has 19 heavy (non-hydrogen) atoms. The molecular weight excluding hydrogens is 236 g/mol. The number of nitrogens with zero attached hydrogens (tertiary/aromatic N) is 2. The number of hydrogen-bond acceptors (Lipinski definition) is 3. The SMILES string of the molecule is N#CCCc1cc[n+](C(N)CC2CCNCC2)cc1. The lowest BCUT2D eigenvalue weighted by molar-refractivity contribution is -0.724. The molecule has 0 radical (unpaired) electrons. The zero-order valence-electron chi connectivity index (χ0n) is 11.4. The third-order valence-electron chi connectivity index (χ3n) is 3.86. The molecule has 102 valence electrons. The van der Waals surface area contributed by atoms with Crippen LogP contribution in [-0.4, -0.2) is 13.1 Å². The van der Waals surface area contributed by atoms with Gasteiger partial charge in [0.2, 0.25) is 6.17 Å². The van der Waals surface area contributed by atoms with Gasteiger partial charge in [0.25, 0.3) is 0 Å². The molecule has 2 heterocycles. The van der Waals surface area contributed by atoms with Crippen molar-refractivity contribution in [2.45, 2.75) is 38.3 Å². The Kier molecular flexibility index (Phi) is 5.31. The van der Waals surface area contributed by atoms with Gasteiger partial charge < -0.3 is 5.32 Å². The van der Waals surface area contributed by atoms with Crippen LogP contribution >= 0.6 is 0 Å². The molecule has 4 heteroatoms. The highest BCUT2D eigenvalue weighted by Gasteiger charge is 2.21. The van der Waals surface area contributed by atoms with Gasteiger partial charge in [-0.2, -0.15) is 9.83 Å². The fourth-order valence-electron chi connectivity index (χ4n) is 2.64. The number of pyridine rings is 1. The molecule has 1 atom stereocenters. The molecule has 0 saturated carbocycles. The van der Waals surface area contributed by atoms with Gasteiger partial charge in [0, 0.05) is 25.0 Å². The predicted octanol–water partition coefficient (Wildman–Crippen LogP) is 1.28. The quantitative estimate of drug-likeness (QED) is 0.783. The molecule has 1 aliphatic heterocycles. The van der Waals surface area contributed by atoms with Crippen LogP contribution in [0.2, 0.25) is 0 Å². The summed E-state index contributed by atoms with van der Waals surface area (Å²) in [5.74, 6) is 0.738. The molecule has 1 aromatic rings. The summed E-state index contributed by atoms with van der Waals surface area (Å²) in [6.45, 7) is 2.24. The lowest BCUT2D eigenvalue weighted by atomic mass is 9.93. The smallest absolute Gasteiger partial charge is 0.209 e. The van der Waals surface area contributed by atoms with Crippen LogP contribution in [0.5, 0.6) is 0 Å². The van der Waals surface area contributed by atoms with E-state index in [1.165, 1.54) is 18.4 Å². The van der Waals surface area contributed by atoms with E-state index < -0.39 is 0 Å². The number of nitrogens with one attached hydrogen (secondary N) is 1. The normalized spacial score (nSPS) is 17.9. The molecule has 0 bridgehead atoms. The lowest BCUT2D eigenvalue weighted by Gasteiger charge is -2.23. The van der Waals surface area contributed by atoms with Crippen molar-refractivity contribution in [2.75, 3.05) is 13.1 Å². The molecule has 0 aromatic carbocycles. The molecule has 1 saturated heterocycles. The summed E-state index contributed by atoms with van der Waals surface area (Å²) in [6, 6.07) is 6.31. The largest absolute Gasteiger partial charge is 0.317 e. The van der Waals surface area contributed by atoms with Crippen molar-refractivity contribution < 1.29 is 4.57 Å². The molecule has 1 fully saturated rings. The van der Waals surface area contributed by atoms with E-state index in [1.807, 2.05) is 12.4 Å². The molecule has 2 rings (SSSR count). The fraction of sp³-hybridized carbons (Fsp3) is 0.600. The average Bonchev–Trinajstić information content (AvgIpc) is 2.46. The van der Waals surface area contributed by atoms with E-state index in [0.29, 0.717) is 6.42 Å². The number of hydrogen-bond donors (Lipinski definition) is 2. The highest BCUT2D eigenvalue weighted by Crippen LogP contribution is 2.18. The van der Waals surface area contributed by atoms with Gasteiger partial charge in [-0.1, -0.05) is 0 Å². The highest BCUT2D eigenvalue weighted by atomic mass is 15.1. The van der Waals surface area contributed by atoms with Crippen molar-refractivity contribution in [3.05, 3.63) is 30.1 Å². The van der Waals surface area contributed by atoms with Crippen LogP contribution in [0, 0.1) is 17.2 Å². The van der Waals surface area contributed by atoms with E-state index in [1.54, 1.807) is 0 Å². The Balaban J connectivity index is 1.87. The zero-order chi connectivity index (χ0) is 13.5. The second-order valence-electron chi connectivity index (χ2n) is 5.31. The molecule has 1 aromatic heterocycles. The van der Waals surface area contributed by atoms with Crippen LogP contribution in [0.4, 0.5) is 0 Å². The molecule has 0 amide bonds. The first-order valence-corrected chi connectivity index (χ1v) is 7.12. The van der Waals surface area contributed by atoms with Crippen LogP contribution in [0.1, 0.15) is 37.4 Å². The number of aromatic nitrogens is 1. The maximum Gasteiger partial charge on any atom is 0.209 e. The third-order valence-corrected chi connectivity index (χ3v) is 3.86. The van der Waals surface area contributed by atoms with Crippen molar-refractivity contribution in [3.63, 3.8) is 0 Å². The minimum Gasteiger partial charge on any atom is -0.317 e. The third kappa shape index (κ3) is 4.30. The van der Waals surface area contributed by atoms with Gasteiger partial charge in [0.15, 0.2) is 12.4 Å². The summed E-state index contributed by atoms with van der Waals surface area (Å²) in [5, 5.41) is 12.0. The number of nitrogens with two attached hydrogens (primary N) is 1. The Morgan fingerprint density at radius 2 is 2.05 bits per heavy atom. The maximum atomic E-state index is 8.57. The summed E-state index contributed by atoms with van der Waals surface area (Å²) in [5.41, 5.74) is 7.47. The van der Waals surface area contributed by atoms with Crippen LogP contribution in [0.25, 0.3) is 0 Å². The molecular formula is C15H23N4+. The van der Waals surface area contributed by atoms with Crippen molar-refractivity contribution >= 4 is 0 Å². The first-order valence-electron chi connectivity index (χ1n) is 7.12. The van der Waals surface area contributed by atoms with Crippen LogP contribution in [0.15, 0.2) is 24.5 Å². The van der Waals surface area contributed by atoms with Gasteiger partial charge in [0.05, 0.1) is 6.07 Å². The minimum atomic E-state index is 0.0631. The lowest BCUT2D eigenvalue weighted by Crippen LogP contribution is -2.46. The average molecular weight is 259 g/mol. The Morgan fingerprint density at radius 3 is 2.68 bits per heavy atom. The second-order valence-corrected chi connectivity index (χ2v) is 5.31. The van der Waals surface area contributed by atoms with Gasteiger partial charge in [-0.05, 0) is 43.8 Å². The van der Waals surface area contributed by atoms with E-state index in [-0.39, 0.29) is 6.17 Å². The Bertz CT molecular complexity index is 415. The summed E-state index contributed by atoms with van der Waals surface area (Å²) in [6.07, 6.45) is 9.05. The summed E-state index contributed by atoms with van der Waals surface area (Å²) in [7, 11) is 0. The van der Waals surface area contributed by atoms with Crippen molar-refractivity contribution in [1.82, 2.24) is 5.32 Å². The van der Waals surface area contributed by atoms with E-state index in [2.05, 4.69) is 28.1 Å².